The molecule has 1 saturated heterocycles. The predicted octanol–water partition coefficient (Wildman–Crippen LogP) is 3.42. The Balaban J connectivity index is 1.83. The highest BCUT2D eigenvalue weighted by atomic mass is 32.2. The van der Waals surface area contributed by atoms with Crippen LogP contribution in [0.4, 0.5) is 5.69 Å². The molecule has 1 aliphatic heterocycles. The molecule has 1 unspecified atom stereocenters. The predicted molar refractivity (Wildman–Crippen MR) is 84.4 cm³/mol. The lowest BCUT2D eigenvalue weighted by Crippen LogP contribution is -2.31. The number of carbonyl (C=O) groups excluding carboxylic acids is 2. The van der Waals surface area contributed by atoms with Gasteiger partial charge < -0.3 is 0 Å². The number of carbonyl (C=O) groups is 2. The summed E-state index contributed by atoms with van der Waals surface area (Å²) in [7, 11) is 0. The van der Waals surface area contributed by atoms with Crippen LogP contribution < -0.4 is 4.90 Å². The fourth-order valence-electron chi connectivity index (χ4n) is 2.39. The fourth-order valence-corrected chi connectivity index (χ4v) is 3.54. The van der Waals surface area contributed by atoms with Gasteiger partial charge in [-0.2, -0.15) is 0 Å². The van der Waals surface area contributed by atoms with Gasteiger partial charge in [0.1, 0.15) is 0 Å². The van der Waals surface area contributed by atoms with Crippen molar-refractivity contribution in [2.45, 2.75) is 23.5 Å². The van der Waals surface area contributed by atoms with E-state index in [1.165, 1.54) is 16.7 Å². The third kappa shape index (κ3) is 2.72. The molecule has 1 heterocycles. The Kier molecular flexibility index (Phi) is 3.80. The van der Waals surface area contributed by atoms with Gasteiger partial charge in [0.15, 0.2) is 0 Å². The minimum atomic E-state index is -0.334. The largest absolute Gasteiger partial charge is 0.274 e. The number of amides is 2. The standard InChI is InChI=1S/C17H15NO2S/c1-12-7-5-6-10-14(12)21-15-11-16(19)18(17(15)20)13-8-3-2-4-9-13/h2-10,15H,11H2,1H3. The molecule has 3 rings (SSSR count). The van der Waals surface area contributed by atoms with Crippen LogP contribution in [0.15, 0.2) is 59.5 Å². The van der Waals surface area contributed by atoms with Crippen molar-refractivity contribution >= 4 is 29.3 Å². The molecule has 0 aromatic heterocycles. The number of para-hydroxylation sites is 1. The molecule has 0 N–H and O–H groups in total. The zero-order chi connectivity index (χ0) is 14.8. The molecule has 0 bridgehead atoms. The minimum absolute atomic E-state index is 0.126. The van der Waals surface area contributed by atoms with Crippen molar-refractivity contribution in [2.75, 3.05) is 4.90 Å². The van der Waals surface area contributed by atoms with Crippen molar-refractivity contribution in [1.29, 1.82) is 0 Å². The first-order valence-electron chi connectivity index (χ1n) is 6.81. The lowest BCUT2D eigenvalue weighted by Gasteiger charge is -2.15. The number of nitrogens with zero attached hydrogens (tertiary/aromatic N) is 1. The van der Waals surface area contributed by atoms with Gasteiger partial charge in [0, 0.05) is 11.3 Å². The van der Waals surface area contributed by atoms with Gasteiger partial charge in [-0.15, -0.1) is 11.8 Å². The quantitative estimate of drug-likeness (QED) is 0.815. The smallest absolute Gasteiger partial charge is 0.247 e. The van der Waals surface area contributed by atoms with Crippen LogP contribution in [0.3, 0.4) is 0 Å². The molecule has 2 amide bonds. The number of anilines is 1. The Morgan fingerprint density at radius 1 is 1.00 bits per heavy atom. The van der Waals surface area contributed by atoms with Gasteiger partial charge in [-0.3, -0.25) is 9.59 Å². The molecular weight excluding hydrogens is 282 g/mol. The molecule has 3 nitrogen and oxygen atoms in total. The van der Waals surface area contributed by atoms with Gasteiger partial charge in [-0.05, 0) is 30.7 Å². The number of aryl methyl sites for hydroxylation is 1. The fraction of sp³-hybridized carbons (Fsp3) is 0.176. The van der Waals surface area contributed by atoms with Gasteiger partial charge in [0.25, 0.3) is 0 Å². The van der Waals surface area contributed by atoms with Gasteiger partial charge in [0.05, 0.1) is 10.9 Å². The second-order valence-electron chi connectivity index (χ2n) is 4.98. The highest BCUT2D eigenvalue weighted by molar-refractivity contribution is 8.00. The summed E-state index contributed by atoms with van der Waals surface area (Å²) in [5, 5.41) is -0.334. The Morgan fingerprint density at radius 2 is 1.67 bits per heavy atom. The van der Waals surface area contributed by atoms with Gasteiger partial charge in [-0.1, -0.05) is 36.4 Å². The second kappa shape index (κ2) is 5.74. The van der Waals surface area contributed by atoms with Crippen LogP contribution in [0.25, 0.3) is 0 Å². The van der Waals surface area contributed by atoms with Gasteiger partial charge in [0.2, 0.25) is 11.8 Å². The summed E-state index contributed by atoms with van der Waals surface area (Å²) in [5.74, 6) is -0.253. The lowest BCUT2D eigenvalue weighted by atomic mass is 10.2. The van der Waals surface area contributed by atoms with E-state index in [1.807, 2.05) is 49.4 Å². The van der Waals surface area contributed by atoms with Crippen LogP contribution in [-0.2, 0) is 9.59 Å². The molecule has 1 fully saturated rings. The molecule has 0 spiro atoms. The van der Waals surface area contributed by atoms with Crippen molar-refractivity contribution in [2.24, 2.45) is 0 Å². The van der Waals surface area contributed by atoms with Gasteiger partial charge in [-0.25, -0.2) is 4.90 Å². The third-order valence-electron chi connectivity index (χ3n) is 3.48. The maximum absolute atomic E-state index is 12.5. The summed E-state index contributed by atoms with van der Waals surface area (Å²) in [6.07, 6.45) is 0.257. The number of thioether (sulfide) groups is 1. The first kappa shape index (κ1) is 13.9. The average Bonchev–Trinajstić information content (AvgIpc) is 2.77. The van der Waals surface area contributed by atoms with Crippen LogP contribution in [0.5, 0.6) is 0 Å². The summed E-state index contributed by atoms with van der Waals surface area (Å²) in [6.45, 7) is 2.01. The summed E-state index contributed by atoms with van der Waals surface area (Å²) in [5.41, 5.74) is 1.78. The molecule has 1 atom stereocenters. The van der Waals surface area contributed by atoms with Crippen LogP contribution >= 0.6 is 11.8 Å². The van der Waals surface area contributed by atoms with Crippen LogP contribution in [0.1, 0.15) is 12.0 Å². The Labute approximate surface area is 128 Å². The van der Waals surface area contributed by atoms with E-state index in [1.54, 1.807) is 12.1 Å². The molecule has 21 heavy (non-hydrogen) atoms. The van der Waals surface area contributed by atoms with E-state index in [0.717, 1.165) is 10.5 Å². The highest BCUT2D eigenvalue weighted by Crippen LogP contribution is 2.35. The van der Waals surface area contributed by atoms with Crippen molar-refractivity contribution in [3.05, 3.63) is 60.2 Å². The maximum atomic E-state index is 12.5. The second-order valence-corrected chi connectivity index (χ2v) is 6.22. The van der Waals surface area contributed by atoms with E-state index < -0.39 is 0 Å². The van der Waals surface area contributed by atoms with E-state index >= 15 is 0 Å². The lowest BCUT2D eigenvalue weighted by molar-refractivity contribution is -0.121. The molecular formula is C17H15NO2S. The van der Waals surface area contributed by atoms with Crippen molar-refractivity contribution < 1.29 is 9.59 Å². The van der Waals surface area contributed by atoms with E-state index in [-0.39, 0.29) is 23.5 Å². The van der Waals surface area contributed by atoms with E-state index in [0.29, 0.717) is 5.69 Å². The van der Waals surface area contributed by atoms with E-state index in [9.17, 15) is 9.59 Å². The number of hydrogen-bond acceptors (Lipinski definition) is 3. The molecule has 2 aromatic rings. The number of hydrogen-bond donors (Lipinski definition) is 0. The first-order chi connectivity index (χ1) is 10.2. The number of benzene rings is 2. The molecule has 4 heteroatoms. The van der Waals surface area contributed by atoms with Crippen LogP contribution in [0, 0.1) is 6.92 Å². The zero-order valence-corrected chi connectivity index (χ0v) is 12.5. The molecule has 0 aliphatic carbocycles. The summed E-state index contributed by atoms with van der Waals surface area (Å²) < 4.78 is 0. The van der Waals surface area contributed by atoms with Gasteiger partial charge >= 0.3 is 0 Å². The van der Waals surface area contributed by atoms with E-state index in [4.69, 9.17) is 0 Å². The number of rotatable bonds is 3. The average molecular weight is 297 g/mol. The molecule has 2 aromatic carbocycles. The Morgan fingerprint density at radius 3 is 2.38 bits per heavy atom. The van der Waals surface area contributed by atoms with Crippen molar-refractivity contribution in [3.8, 4) is 0 Å². The Hall–Kier alpha value is -2.07. The molecule has 0 saturated carbocycles. The van der Waals surface area contributed by atoms with E-state index in [2.05, 4.69) is 0 Å². The minimum Gasteiger partial charge on any atom is -0.274 e. The third-order valence-corrected chi connectivity index (χ3v) is 4.85. The molecule has 0 radical (unpaired) electrons. The number of imide groups is 1. The highest BCUT2D eigenvalue weighted by Gasteiger charge is 2.40. The summed E-state index contributed by atoms with van der Waals surface area (Å²) >= 11 is 1.48. The van der Waals surface area contributed by atoms with Crippen LogP contribution in [-0.4, -0.2) is 17.1 Å². The zero-order valence-electron chi connectivity index (χ0n) is 11.7. The van der Waals surface area contributed by atoms with Crippen molar-refractivity contribution in [1.82, 2.24) is 0 Å². The summed E-state index contributed by atoms with van der Waals surface area (Å²) in [4.78, 5) is 27.0. The molecule has 1 aliphatic rings. The summed E-state index contributed by atoms with van der Waals surface area (Å²) in [6, 6.07) is 17.0. The topological polar surface area (TPSA) is 37.4 Å². The van der Waals surface area contributed by atoms with Crippen LogP contribution in [0.2, 0.25) is 0 Å². The molecule has 106 valence electrons. The van der Waals surface area contributed by atoms with Crippen molar-refractivity contribution in [3.63, 3.8) is 0 Å². The monoisotopic (exact) mass is 297 g/mol. The normalized spacial score (nSPS) is 18.3. The maximum Gasteiger partial charge on any atom is 0.247 e. The first-order valence-corrected chi connectivity index (χ1v) is 7.69. The SMILES string of the molecule is Cc1ccccc1SC1CC(=O)N(c2ccccc2)C1=O. The Bertz CT molecular complexity index is 684.